The number of rotatable bonds is 8. The van der Waals surface area contributed by atoms with Crippen LogP contribution < -0.4 is 0 Å². The normalized spacial score (nSPS) is 14.9. The van der Waals surface area contributed by atoms with Crippen molar-refractivity contribution in [3.05, 3.63) is 12.3 Å². The highest BCUT2D eigenvalue weighted by Crippen LogP contribution is 2.13. The maximum Gasteiger partial charge on any atom is 0.140 e. The Bertz CT molecular complexity index is 157. The third-order valence-electron chi connectivity index (χ3n) is 2.17. The first-order valence-corrected chi connectivity index (χ1v) is 5.04. The summed E-state index contributed by atoms with van der Waals surface area (Å²) in [7, 11) is 3.25. The highest BCUT2D eigenvalue weighted by Gasteiger charge is 2.21. The van der Waals surface area contributed by atoms with E-state index in [0.29, 0.717) is 5.76 Å². The second-order valence-corrected chi connectivity index (χ2v) is 3.26. The van der Waals surface area contributed by atoms with Crippen LogP contribution in [0.3, 0.4) is 0 Å². The standard InChI is InChI=1S/C11H22O3/c1-6-7-8-14-11(9(2)12-4)10(3)13-5/h10-11H,2,6-8H2,1,3-5H3. The lowest BCUT2D eigenvalue weighted by Crippen LogP contribution is -2.30. The van der Waals surface area contributed by atoms with Crippen LogP contribution in [0.5, 0.6) is 0 Å². The second-order valence-electron chi connectivity index (χ2n) is 3.26. The van der Waals surface area contributed by atoms with Crippen LogP contribution >= 0.6 is 0 Å². The van der Waals surface area contributed by atoms with E-state index in [1.54, 1.807) is 14.2 Å². The van der Waals surface area contributed by atoms with Gasteiger partial charge < -0.3 is 14.2 Å². The highest BCUT2D eigenvalue weighted by atomic mass is 16.6. The summed E-state index contributed by atoms with van der Waals surface area (Å²) in [5.41, 5.74) is 0. The SMILES string of the molecule is C=C(OC)C(OCCCC)C(C)OC. The van der Waals surface area contributed by atoms with Crippen LogP contribution in [0, 0.1) is 0 Å². The van der Waals surface area contributed by atoms with E-state index in [9.17, 15) is 0 Å². The van der Waals surface area contributed by atoms with Crippen LogP contribution in [0.2, 0.25) is 0 Å². The van der Waals surface area contributed by atoms with E-state index in [1.165, 1.54) is 0 Å². The summed E-state index contributed by atoms with van der Waals surface area (Å²) < 4.78 is 15.9. The molecule has 0 spiro atoms. The van der Waals surface area contributed by atoms with Crippen molar-refractivity contribution in [2.45, 2.75) is 38.9 Å². The van der Waals surface area contributed by atoms with E-state index in [1.807, 2.05) is 6.92 Å². The lowest BCUT2D eigenvalue weighted by molar-refractivity contribution is -0.0508. The fourth-order valence-corrected chi connectivity index (χ4v) is 1.08. The molecule has 14 heavy (non-hydrogen) atoms. The van der Waals surface area contributed by atoms with Crippen molar-refractivity contribution in [2.75, 3.05) is 20.8 Å². The molecule has 0 aromatic carbocycles. The molecule has 0 radical (unpaired) electrons. The van der Waals surface area contributed by atoms with E-state index >= 15 is 0 Å². The number of hydrogen-bond donors (Lipinski definition) is 0. The van der Waals surface area contributed by atoms with E-state index in [-0.39, 0.29) is 12.2 Å². The quantitative estimate of drug-likeness (QED) is 0.447. The summed E-state index contributed by atoms with van der Waals surface area (Å²) in [5, 5.41) is 0. The average Bonchev–Trinajstić information content (AvgIpc) is 2.22. The van der Waals surface area contributed by atoms with Crippen molar-refractivity contribution in [2.24, 2.45) is 0 Å². The summed E-state index contributed by atoms with van der Waals surface area (Å²) in [6, 6.07) is 0. The Labute approximate surface area is 87.0 Å². The molecule has 84 valence electrons. The van der Waals surface area contributed by atoms with Crippen molar-refractivity contribution < 1.29 is 14.2 Å². The van der Waals surface area contributed by atoms with Crippen molar-refractivity contribution in [1.82, 2.24) is 0 Å². The van der Waals surface area contributed by atoms with Gasteiger partial charge >= 0.3 is 0 Å². The maximum atomic E-state index is 5.64. The van der Waals surface area contributed by atoms with Gasteiger partial charge in [-0.1, -0.05) is 19.9 Å². The van der Waals surface area contributed by atoms with Crippen LogP contribution in [0.4, 0.5) is 0 Å². The minimum atomic E-state index is -0.170. The minimum Gasteiger partial charge on any atom is -0.499 e. The predicted molar refractivity (Wildman–Crippen MR) is 57.3 cm³/mol. The van der Waals surface area contributed by atoms with Crippen LogP contribution in [0.1, 0.15) is 26.7 Å². The molecule has 0 saturated heterocycles. The summed E-state index contributed by atoms with van der Waals surface area (Å²) in [4.78, 5) is 0. The zero-order valence-corrected chi connectivity index (χ0v) is 9.71. The molecule has 2 unspecified atom stereocenters. The van der Waals surface area contributed by atoms with E-state index in [0.717, 1.165) is 19.4 Å². The number of hydrogen-bond acceptors (Lipinski definition) is 3. The van der Waals surface area contributed by atoms with Crippen LogP contribution in [-0.4, -0.2) is 33.0 Å². The smallest absolute Gasteiger partial charge is 0.140 e. The zero-order valence-electron chi connectivity index (χ0n) is 9.71. The lowest BCUT2D eigenvalue weighted by atomic mass is 10.2. The zero-order chi connectivity index (χ0) is 11.0. The van der Waals surface area contributed by atoms with Crippen LogP contribution in [0.25, 0.3) is 0 Å². The van der Waals surface area contributed by atoms with Gasteiger partial charge in [0, 0.05) is 13.7 Å². The predicted octanol–water partition coefficient (Wildman–Crippen LogP) is 2.37. The topological polar surface area (TPSA) is 27.7 Å². The first-order valence-electron chi connectivity index (χ1n) is 5.04. The van der Waals surface area contributed by atoms with Crippen LogP contribution in [-0.2, 0) is 14.2 Å². The van der Waals surface area contributed by atoms with Gasteiger partial charge in [-0.05, 0) is 13.3 Å². The lowest BCUT2D eigenvalue weighted by Gasteiger charge is -2.24. The number of unbranched alkanes of at least 4 members (excludes halogenated alkanes) is 1. The van der Waals surface area contributed by atoms with Crippen molar-refractivity contribution in [3.8, 4) is 0 Å². The van der Waals surface area contributed by atoms with Gasteiger partial charge in [0.1, 0.15) is 11.9 Å². The molecule has 0 aromatic rings. The molecule has 0 aliphatic heterocycles. The van der Waals surface area contributed by atoms with Crippen molar-refractivity contribution in [1.29, 1.82) is 0 Å². The summed E-state index contributed by atoms with van der Waals surface area (Å²) in [6.45, 7) is 8.59. The Morgan fingerprint density at radius 1 is 1.36 bits per heavy atom. The Kier molecular flexibility index (Phi) is 7.52. The molecule has 2 atom stereocenters. The van der Waals surface area contributed by atoms with Gasteiger partial charge in [-0.25, -0.2) is 0 Å². The molecule has 3 heteroatoms. The Morgan fingerprint density at radius 3 is 2.43 bits per heavy atom. The van der Waals surface area contributed by atoms with Gasteiger partial charge in [-0.15, -0.1) is 0 Å². The monoisotopic (exact) mass is 202 g/mol. The van der Waals surface area contributed by atoms with Gasteiger partial charge in [0.2, 0.25) is 0 Å². The molecule has 0 N–H and O–H groups in total. The molecule has 0 aliphatic carbocycles. The van der Waals surface area contributed by atoms with E-state index in [4.69, 9.17) is 14.2 Å². The molecular formula is C11H22O3. The highest BCUT2D eigenvalue weighted by molar-refractivity contribution is 4.95. The molecule has 0 rings (SSSR count). The first-order chi connectivity index (χ1) is 6.67. The number of methoxy groups -OCH3 is 2. The van der Waals surface area contributed by atoms with Gasteiger partial charge in [-0.3, -0.25) is 0 Å². The fraction of sp³-hybridized carbons (Fsp3) is 0.818. The fourth-order valence-electron chi connectivity index (χ4n) is 1.08. The summed E-state index contributed by atoms with van der Waals surface area (Å²) in [5.74, 6) is 0.621. The third kappa shape index (κ3) is 4.63. The average molecular weight is 202 g/mol. The molecule has 0 bridgehead atoms. The van der Waals surface area contributed by atoms with Gasteiger partial charge in [0.15, 0.2) is 0 Å². The molecule has 3 nitrogen and oxygen atoms in total. The Balaban J connectivity index is 4.04. The minimum absolute atomic E-state index is 0.0284. The molecule has 0 heterocycles. The molecule has 0 fully saturated rings. The molecule has 0 aliphatic rings. The molecule has 0 amide bonds. The number of ether oxygens (including phenoxy) is 3. The van der Waals surface area contributed by atoms with E-state index in [2.05, 4.69) is 13.5 Å². The third-order valence-corrected chi connectivity index (χ3v) is 2.17. The summed E-state index contributed by atoms with van der Waals surface area (Å²) in [6.07, 6.45) is 1.97. The Hall–Kier alpha value is -0.540. The summed E-state index contributed by atoms with van der Waals surface area (Å²) >= 11 is 0. The Morgan fingerprint density at radius 2 is 2.00 bits per heavy atom. The molecule has 0 saturated carbocycles. The van der Waals surface area contributed by atoms with Gasteiger partial charge in [-0.2, -0.15) is 0 Å². The van der Waals surface area contributed by atoms with Crippen molar-refractivity contribution >= 4 is 0 Å². The maximum absolute atomic E-state index is 5.64. The van der Waals surface area contributed by atoms with E-state index < -0.39 is 0 Å². The largest absolute Gasteiger partial charge is 0.499 e. The molecule has 0 aromatic heterocycles. The molecular weight excluding hydrogens is 180 g/mol. The van der Waals surface area contributed by atoms with Gasteiger partial charge in [0.05, 0.1) is 13.2 Å². The van der Waals surface area contributed by atoms with Gasteiger partial charge in [0.25, 0.3) is 0 Å². The van der Waals surface area contributed by atoms with Crippen LogP contribution in [0.15, 0.2) is 12.3 Å². The van der Waals surface area contributed by atoms with Crippen molar-refractivity contribution in [3.63, 3.8) is 0 Å². The first kappa shape index (κ1) is 13.5. The second kappa shape index (κ2) is 7.83.